The van der Waals surface area contributed by atoms with E-state index in [0.29, 0.717) is 32.2 Å². The minimum Gasteiger partial charge on any atom is -0.347 e. The highest BCUT2D eigenvalue weighted by Gasteiger charge is 2.12. The maximum Gasteiger partial charge on any atom is 0.309 e. The van der Waals surface area contributed by atoms with Crippen molar-refractivity contribution in [3.8, 4) is 0 Å². The van der Waals surface area contributed by atoms with E-state index in [-0.39, 0.29) is 0 Å². The molecule has 0 unspecified atom stereocenters. The number of nitrogens with two attached hydrogens (primary N) is 1. The summed E-state index contributed by atoms with van der Waals surface area (Å²) >= 11 is 0. The Morgan fingerprint density at radius 3 is 2.12 bits per heavy atom. The van der Waals surface area contributed by atoms with Crippen LogP contribution in [0.25, 0.3) is 0 Å². The number of hydrogen-bond acceptors (Lipinski definition) is 4. The summed E-state index contributed by atoms with van der Waals surface area (Å²) in [7, 11) is 1.96. The molecule has 0 heterocycles. The Kier molecular flexibility index (Phi) is 7.49. The first-order chi connectivity index (χ1) is 7.49. The Bertz CT molecular complexity index is 231. The van der Waals surface area contributed by atoms with Crippen LogP contribution in [0, 0.1) is 0 Å². The molecule has 0 fully saturated rings. The van der Waals surface area contributed by atoms with E-state index in [2.05, 4.69) is 29.4 Å². The lowest BCUT2D eigenvalue weighted by atomic mass is 10.3. The van der Waals surface area contributed by atoms with Crippen LogP contribution >= 0.6 is 0 Å². The number of likely N-dealkylation sites (N-methyl/N-ethyl adjacent to an activating group) is 1. The molecule has 0 aliphatic rings. The number of amides is 2. The van der Waals surface area contributed by atoms with E-state index < -0.39 is 11.8 Å². The van der Waals surface area contributed by atoms with Gasteiger partial charge in [0, 0.05) is 32.2 Å². The van der Waals surface area contributed by atoms with Gasteiger partial charge in [0.2, 0.25) is 0 Å². The Labute approximate surface area is 96.5 Å². The molecular weight excluding hydrogens is 208 g/mol. The summed E-state index contributed by atoms with van der Waals surface area (Å²) in [6.45, 7) is 5.95. The van der Waals surface area contributed by atoms with Gasteiger partial charge in [-0.25, -0.2) is 0 Å². The van der Waals surface area contributed by atoms with Crippen molar-refractivity contribution in [2.75, 3.05) is 33.2 Å². The molecule has 0 aromatic heterocycles. The molecule has 0 aliphatic carbocycles. The minimum absolute atomic E-state index is 0.318. The first-order valence-electron chi connectivity index (χ1n) is 5.45. The van der Waals surface area contributed by atoms with Crippen LogP contribution in [0.15, 0.2) is 0 Å². The van der Waals surface area contributed by atoms with Crippen molar-refractivity contribution < 1.29 is 9.59 Å². The molecule has 6 nitrogen and oxygen atoms in total. The van der Waals surface area contributed by atoms with Crippen LogP contribution < -0.4 is 16.4 Å². The normalized spacial score (nSPS) is 10.6. The van der Waals surface area contributed by atoms with Crippen LogP contribution in [-0.4, -0.2) is 56.0 Å². The number of hydrogen-bond donors (Lipinski definition) is 3. The lowest BCUT2D eigenvalue weighted by Gasteiger charge is -2.20. The van der Waals surface area contributed by atoms with Gasteiger partial charge in [-0.2, -0.15) is 0 Å². The Morgan fingerprint density at radius 2 is 1.69 bits per heavy atom. The molecule has 0 atom stereocenters. The molecule has 16 heavy (non-hydrogen) atoms. The second-order valence-corrected chi connectivity index (χ2v) is 3.87. The molecule has 0 saturated heterocycles. The van der Waals surface area contributed by atoms with E-state index in [1.807, 2.05) is 7.05 Å². The van der Waals surface area contributed by atoms with Gasteiger partial charge in [0.1, 0.15) is 0 Å². The van der Waals surface area contributed by atoms with E-state index >= 15 is 0 Å². The maximum atomic E-state index is 11.2. The predicted octanol–water partition coefficient (Wildman–Crippen LogP) is -1.48. The molecular formula is C10H22N4O2. The number of nitrogens with zero attached hydrogens (tertiary/aromatic N) is 1. The third-order valence-electron chi connectivity index (χ3n) is 2.27. The van der Waals surface area contributed by atoms with Crippen molar-refractivity contribution in [1.82, 2.24) is 15.5 Å². The fourth-order valence-corrected chi connectivity index (χ4v) is 0.950. The van der Waals surface area contributed by atoms with Crippen LogP contribution in [-0.2, 0) is 9.59 Å². The zero-order valence-electron chi connectivity index (χ0n) is 10.2. The molecule has 6 heteroatoms. The van der Waals surface area contributed by atoms with Gasteiger partial charge in [0.15, 0.2) is 0 Å². The second kappa shape index (κ2) is 8.06. The van der Waals surface area contributed by atoms with Crippen molar-refractivity contribution in [3.05, 3.63) is 0 Å². The number of carbonyl (C=O) groups excluding carboxylic acids is 2. The zero-order chi connectivity index (χ0) is 12.6. The predicted molar refractivity (Wildman–Crippen MR) is 62.8 cm³/mol. The first-order valence-corrected chi connectivity index (χ1v) is 5.45. The zero-order valence-corrected chi connectivity index (χ0v) is 10.2. The second-order valence-electron chi connectivity index (χ2n) is 3.87. The van der Waals surface area contributed by atoms with Crippen molar-refractivity contribution in [3.63, 3.8) is 0 Å². The van der Waals surface area contributed by atoms with E-state index in [0.717, 1.165) is 0 Å². The fraction of sp³-hybridized carbons (Fsp3) is 0.800. The van der Waals surface area contributed by atoms with E-state index in [4.69, 9.17) is 5.73 Å². The highest BCUT2D eigenvalue weighted by Crippen LogP contribution is 1.90. The van der Waals surface area contributed by atoms with Crippen LogP contribution in [0.4, 0.5) is 0 Å². The number of nitrogens with one attached hydrogen (secondary N) is 2. The lowest BCUT2D eigenvalue weighted by molar-refractivity contribution is -0.139. The van der Waals surface area contributed by atoms with Gasteiger partial charge < -0.3 is 21.3 Å². The Hall–Kier alpha value is -1.14. The molecule has 0 aromatic carbocycles. The highest BCUT2D eigenvalue weighted by atomic mass is 16.2. The van der Waals surface area contributed by atoms with Crippen molar-refractivity contribution in [2.24, 2.45) is 5.73 Å². The number of rotatable bonds is 6. The average Bonchev–Trinajstić information content (AvgIpc) is 2.25. The van der Waals surface area contributed by atoms with Crippen molar-refractivity contribution in [2.45, 2.75) is 19.9 Å². The standard InChI is InChI=1S/C10H22N4O2/c1-8(2)14(3)7-6-13-10(16)9(15)12-5-4-11/h8H,4-7,11H2,1-3H3,(H,12,15)(H,13,16). The SMILES string of the molecule is CC(C)N(C)CCNC(=O)C(=O)NCCN. The molecule has 0 saturated carbocycles. The van der Waals surface area contributed by atoms with Crippen LogP contribution in [0.5, 0.6) is 0 Å². The van der Waals surface area contributed by atoms with Crippen LogP contribution in [0.1, 0.15) is 13.8 Å². The molecule has 0 radical (unpaired) electrons. The molecule has 0 bridgehead atoms. The third-order valence-corrected chi connectivity index (χ3v) is 2.27. The summed E-state index contributed by atoms with van der Waals surface area (Å²) in [5, 5.41) is 4.95. The first kappa shape index (κ1) is 14.9. The van der Waals surface area contributed by atoms with Gasteiger partial charge in [-0.1, -0.05) is 0 Å². The van der Waals surface area contributed by atoms with E-state index in [1.165, 1.54) is 0 Å². The number of carbonyl (C=O) groups is 2. The van der Waals surface area contributed by atoms with Crippen molar-refractivity contribution >= 4 is 11.8 Å². The van der Waals surface area contributed by atoms with E-state index in [1.54, 1.807) is 0 Å². The Morgan fingerprint density at radius 1 is 1.19 bits per heavy atom. The summed E-state index contributed by atoms with van der Waals surface area (Å²) in [6, 6.07) is 0.419. The van der Waals surface area contributed by atoms with Gasteiger partial charge in [-0.15, -0.1) is 0 Å². The molecule has 0 rings (SSSR count). The summed E-state index contributed by atoms with van der Waals surface area (Å²) in [5.41, 5.74) is 5.20. The molecule has 2 amide bonds. The Balaban J connectivity index is 3.69. The van der Waals surface area contributed by atoms with Gasteiger partial charge in [0.25, 0.3) is 0 Å². The summed E-state index contributed by atoms with van der Waals surface area (Å²) in [5.74, 6) is -1.23. The quantitative estimate of drug-likeness (QED) is 0.486. The van der Waals surface area contributed by atoms with Crippen LogP contribution in [0.2, 0.25) is 0 Å². The van der Waals surface area contributed by atoms with Gasteiger partial charge >= 0.3 is 11.8 Å². The van der Waals surface area contributed by atoms with E-state index in [9.17, 15) is 9.59 Å². The molecule has 4 N–H and O–H groups in total. The van der Waals surface area contributed by atoms with Crippen LogP contribution in [0.3, 0.4) is 0 Å². The fourth-order valence-electron chi connectivity index (χ4n) is 0.950. The molecule has 0 spiro atoms. The van der Waals surface area contributed by atoms with Gasteiger partial charge in [-0.05, 0) is 20.9 Å². The lowest BCUT2D eigenvalue weighted by Crippen LogP contribution is -2.44. The smallest absolute Gasteiger partial charge is 0.309 e. The average molecular weight is 230 g/mol. The summed E-state index contributed by atoms with van der Waals surface area (Å²) in [6.07, 6.45) is 0. The monoisotopic (exact) mass is 230 g/mol. The summed E-state index contributed by atoms with van der Waals surface area (Å²) < 4.78 is 0. The summed E-state index contributed by atoms with van der Waals surface area (Å²) in [4.78, 5) is 24.4. The molecule has 0 aliphatic heterocycles. The van der Waals surface area contributed by atoms with Gasteiger partial charge in [0.05, 0.1) is 0 Å². The highest BCUT2D eigenvalue weighted by molar-refractivity contribution is 6.35. The van der Waals surface area contributed by atoms with Gasteiger partial charge in [-0.3, -0.25) is 9.59 Å². The maximum absolute atomic E-state index is 11.2. The molecule has 94 valence electrons. The molecule has 0 aromatic rings. The van der Waals surface area contributed by atoms with Crippen molar-refractivity contribution in [1.29, 1.82) is 0 Å². The topological polar surface area (TPSA) is 87.5 Å². The third kappa shape index (κ3) is 6.36. The minimum atomic E-state index is -0.627. The largest absolute Gasteiger partial charge is 0.347 e.